The van der Waals surface area contributed by atoms with Crippen LogP contribution in [0.25, 0.3) is 0 Å². The minimum absolute atomic E-state index is 0.0424. The van der Waals surface area contributed by atoms with Crippen LogP contribution in [0, 0.1) is 0 Å². The molecule has 2 aromatic rings. The fourth-order valence-electron chi connectivity index (χ4n) is 2.15. The Balaban J connectivity index is 1.96. The Morgan fingerprint density at radius 2 is 1.83 bits per heavy atom. The molecule has 0 atom stereocenters. The lowest BCUT2D eigenvalue weighted by Gasteiger charge is -2.26. The van der Waals surface area contributed by atoms with E-state index in [1.165, 1.54) is 0 Å². The van der Waals surface area contributed by atoms with Crippen molar-refractivity contribution < 1.29 is 9.63 Å². The van der Waals surface area contributed by atoms with Crippen LogP contribution in [0.2, 0.25) is 0 Å². The van der Waals surface area contributed by atoms with Crippen molar-refractivity contribution in [2.75, 3.05) is 11.5 Å². The number of benzene rings is 2. The third-order valence-corrected chi connectivity index (χ3v) is 3.90. The molecule has 0 radical (unpaired) electrons. The van der Waals surface area contributed by atoms with E-state index in [1.54, 1.807) is 11.1 Å². The second kappa shape index (κ2) is 8.48. The molecule has 0 aliphatic heterocycles. The van der Waals surface area contributed by atoms with E-state index in [1.807, 2.05) is 68.4 Å². The number of halogens is 1. The molecule has 0 aliphatic rings. The van der Waals surface area contributed by atoms with Crippen molar-refractivity contribution in [3.05, 3.63) is 64.6 Å². The number of amides is 1. The number of oxime groups is 1. The molecule has 0 spiro atoms. The van der Waals surface area contributed by atoms with E-state index < -0.39 is 0 Å². The SMILES string of the molecule is CC(C)N(C(=O)CO/N=C\c1ccccc1Br)c1ccccc1. The zero-order valence-electron chi connectivity index (χ0n) is 13.1. The van der Waals surface area contributed by atoms with E-state index in [-0.39, 0.29) is 18.6 Å². The van der Waals surface area contributed by atoms with Crippen molar-refractivity contribution in [3.63, 3.8) is 0 Å². The molecule has 0 fully saturated rings. The Morgan fingerprint density at radius 1 is 1.17 bits per heavy atom. The molecule has 2 aromatic carbocycles. The molecular formula is C18H19BrN2O2. The number of hydrogen-bond donors (Lipinski definition) is 0. The highest BCUT2D eigenvalue weighted by atomic mass is 79.9. The molecule has 0 N–H and O–H groups in total. The molecule has 2 rings (SSSR count). The number of carbonyl (C=O) groups is 1. The van der Waals surface area contributed by atoms with Crippen molar-refractivity contribution in [1.29, 1.82) is 0 Å². The maximum absolute atomic E-state index is 12.4. The molecule has 5 heteroatoms. The van der Waals surface area contributed by atoms with E-state index in [0.29, 0.717) is 0 Å². The van der Waals surface area contributed by atoms with Crippen LogP contribution in [0.4, 0.5) is 5.69 Å². The predicted octanol–water partition coefficient (Wildman–Crippen LogP) is 4.24. The molecule has 23 heavy (non-hydrogen) atoms. The molecule has 0 saturated carbocycles. The minimum atomic E-state index is -0.129. The third-order valence-electron chi connectivity index (χ3n) is 3.18. The Bertz CT molecular complexity index is 672. The Labute approximate surface area is 144 Å². The summed E-state index contributed by atoms with van der Waals surface area (Å²) in [6.45, 7) is 3.83. The van der Waals surface area contributed by atoms with E-state index in [2.05, 4.69) is 21.1 Å². The van der Waals surface area contributed by atoms with Crippen LogP contribution < -0.4 is 4.90 Å². The normalized spacial score (nSPS) is 11.0. The van der Waals surface area contributed by atoms with Crippen LogP contribution in [0.15, 0.2) is 64.2 Å². The van der Waals surface area contributed by atoms with Gasteiger partial charge in [0.05, 0.1) is 6.21 Å². The number of nitrogens with zero attached hydrogens (tertiary/aromatic N) is 2. The van der Waals surface area contributed by atoms with E-state index in [4.69, 9.17) is 4.84 Å². The van der Waals surface area contributed by atoms with Gasteiger partial charge in [0.15, 0.2) is 6.61 Å². The first kappa shape index (κ1) is 17.2. The first-order valence-corrected chi connectivity index (χ1v) is 8.16. The van der Waals surface area contributed by atoms with E-state index in [9.17, 15) is 4.79 Å². The first-order chi connectivity index (χ1) is 11.1. The smallest absolute Gasteiger partial charge is 0.267 e. The predicted molar refractivity (Wildman–Crippen MR) is 96.8 cm³/mol. The van der Waals surface area contributed by atoms with Crippen molar-refractivity contribution >= 4 is 33.7 Å². The van der Waals surface area contributed by atoms with Crippen LogP contribution in [0.3, 0.4) is 0 Å². The number of carbonyl (C=O) groups excluding carboxylic acids is 1. The Morgan fingerprint density at radius 3 is 2.48 bits per heavy atom. The molecule has 120 valence electrons. The molecule has 0 heterocycles. The van der Waals surface area contributed by atoms with Gasteiger partial charge in [0.25, 0.3) is 5.91 Å². The molecule has 0 bridgehead atoms. The number of rotatable bonds is 6. The monoisotopic (exact) mass is 374 g/mol. The maximum atomic E-state index is 12.4. The van der Waals surface area contributed by atoms with Gasteiger partial charge in [0, 0.05) is 21.8 Å². The lowest BCUT2D eigenvalue weighted by atomic mass is 10.2. The summed E-state index contributed by atoms with van der Waals surface area (Å²) in [7, 11) is 0. The zero-order valence-corrected chi connectivity index (χ0v) is 14.7. The van der Waals surface area contributed by atoms with Gasteiger partial charge in [-0.3, -0.25) is 4.79 Å². The number of para-hydroxylation sites is 1. The summed E-state index contributed by atoms with van der Waals surface area (Å²) in [4.78, 5) is 19.2. The van der Waals surface area contributed by atoms with Gasteiger partial charge in [-0.2, -0.15) is 0 Å². The molecule has 4 nitrogen and oxygen atoms in total. The lowest BCUT2D eigenvalue weighted by Crippen LogP contribution is -2.39. The molecule has 0 aromatic heterocycles. The van der Waals surface area contributed by atoms with Crippen LogP contribution in [0.5, 0.6) is 0 Å². The fourth-order valence-corrected chi connectivity index (χ4v) is 2.54. The summed E-state index contributed by atoms with van der Waals surface area (Å²) in [5.74, 6) is -0.129. The lowest BCUT2D eigenvalue weighted by molar-refractivity contribution is -0.123. The second-order valence-corrected chi connectivity index (χ2v) is 6.08. The van der Waals surface area contributed by atoms with Gasteiger partial charge < -0.3 is 9.74 Å². The summed E-state index contributed by atoms with van der Waals surface area (Å²) in [6.07, 6.45) is 1.58. The largest absolute Gasteiger partial charge is 0.386 e. The average Bonchev–Trinajstić information content (AvgIpc) is 2.54. The summed E-state index contributed by atoms with van der Waals surface area (Å²) >= 11 is 3.43. The highest BCUT2D eigenvalue weighted by Gasteiger charge is 2.19. The van der Waals surface area contributed by atoms with Crippen molar-refractivity contribution in [2.45, 2.75) is 19.9 Å². The van der Waals surface area contributed by atoms with Crippen LogP contribution in [0.1, 0.15) is 19.4 Å². The molecule has 0 aliphatic carbocycles. The second-order valence-electron chi connectivity index (χ2n) is 5.22. The molecule has 0 saturated heterocycles. The van der Waals surface area contributed by atoms with Gasteiger partial charge >= 0.3 is 0 Å². The Kier molecular flexibility index (Phi) is 6.35. The molecular weight excluding hydrogens is 356 g/mol. The number of anilines is 1. The van der Waals surface area contributed by atoms with E-state index in [0.717, 1.165) is 15.7 Å². The van der Waals surface area contributed by atoms with Gasteiger partial charge in [-0.25, -0.2) is 0 Å². The quantitative estimate of drug-likeness (QED) is 0.560. The number of hydrogen-bond acceptors (Lipinski definition) is 3. The van der Waals surface area contributed by atoms with Gasteiger partial charge in [-0.1, -0.05) is 57.5 Å². The first-order valence-electron chi connectivity index (χ1n) is 7.36. The van der Waals surface area contributed by atoms with Gasteiger partial charge in [0.2, 0.25) is 0 Å². The molecule has 0 unspecified atom stereocenters. The topological polar surface area (TPSA) is 41.9 Å². The van der Waals surface area contributed by atoms with Crippen LogP contribution >= 0.6 is 15.9 Å². The maximum Gasteiger partial charge on any atom is 0.267 e. The highest BCUT2D eigenvalue weighted by Crippen LogP contribution is 2.17. The highest BCUT2D eigenvalue weighted by molar-refractivity contribution is 9.10. The summed E-state index contributed by atoms with van der Waals surface area (Å²) < 4.78 is 0.923. The standard InChI is InChI=1S/C18H19BrN2O2/c1-14(2)21(16-9-4-3-5-10-16)18(22)13-23-20-12-15-8-6-7-11-17(15)19/h3-12,14H,13H2,1-2H3/b20-12-. The summed E-state index contributed by atoms with van der Waals surface area (Å²) in [6, 6.07) is 17.2. The minimum Gasteiger partial charge on any atom is -0.386 e. The van der Waals surface area contributed by atoms with Gasteiger partial charge in [0.1, 0.15) is 0 Å². The van der Waals surface area contributed by atoms with Crippen LogP contribution in [-0.4, -0.2) is 24.8 Å². The fraction of sp³-hybridized carbons (Fsp3) is 0.222. The molecule has 1 amide bonds. The van der Waals surface area contributed by atoms with Crippen LogP contribution in [-0.2, 0) is 9.63 Å². The summed E-state index contributed by atoms with van der Waals surface area (Å²) in [5, 5.41) is 3.88. The van der Waals surface area contributed by atoms with Gasteiger partial charge in [-0.15, -0.1) is 0 Å². The van der Waals surface area contributed by atoms with E-state index >= 15 is 0 Å². The summed E-state index contributed by atoms with van der Waals surface area (Å²) in [5.41, 5.74) is 1.75. The van der Waals surface area contributed by atoms with Crippen molar-refractivity contribution in [2.24, 2.45) is 5.16 Å². The van der Waals surface area contributed by atoms with Gasteiger partial charge in [-0.05, 0) is 32.0 Å². The third kappa shape index (κ3) is 4.93. The zero-order chi connectivity index (χ0) is 16.7. The average molecular weight is 375 g/mol. The Hall–Kier alpha value is -2.14. The van der Waals surface area contributed by atoms with Crippen molar-refractivity contribution in [3.8, 4) is 0 Å². The van der Waals surface area contributed by atoms with Crippen molar-refractivity contribution in [1.82, 2.24) is 0 Å².